The summed E-state index contributed by atoms with van der Waals surface area (Å²) in [4.78, 5) is 0.963. The smallest absolute Gasteiger partial charge is 0.258 e. The molecule has 3 N–H and O–H groups in total. The Morgan fingerprint density at radius 2 is 1.88 bits per heavy atom. The summed E-state index contributed by atoms with van der Waals surface area (Å²) in [6, 6.07) is 0. The van der Waals surface area contributed by atoms with Crippen molar-refractivity contribution in [2.45, 2.75) is 5.76 Å². The molecule has 0 saturated heterocycles. The summed E-state index contributed by atoms with van der Waals surface area (Å²) < 4.78 is 41.6. The van der Waals surface area contributed by atoms with Crippen LogP contribution in [0.2, 0.25) is 0 Å². The fourth-order valence-electron chi connectivity index (χ4n) is 0.0514. The van der Waals surface area contributed by atoms with Gasteiger partial charge in [-0.3, -0.25) is 5.84 Å². The Morgan fingerprint density at radius 1 is 1.50 bits per heavy atom. The maximum atomic E-state index is 11.1. The first kappa shape index (κ1) is 7.73. The molecule has 0 aromatic heterocycles. The molecule has 50 valence electrons. The Hall–Kier alpha value is -0.270. The normalized spacial score (nSPS) is 12.5. The third-order valence-electron chi connectivity index (χ3n) is 0.399. The van der Waals surface area contributed by atoms with Crippen LogP contribution in [0.15, 0.2) is 0 Å². The molecule has 0 fully saturated rings. The highest BCUT2D eigenvalue weighted by Crippen LogP contribution is 1.98. The van der Waals surface area contributed by atoms with Crippen LogP contribution in [0.3, 0.4) is 0 Å². The molecule has 0 aliphatic carbocycles. The number of hydrazine groups is 1. The molecule has 0 spiro atoms. The van der Waals surface area contributed by atoms with Crippen LogP contribution < -0.4 is 10.7 Å². The first-order chi connectivity index (χ1) is 3.50. The van der Waals surface area contributed by atoms with Gasteiger partial charge in [-0.1, -0.05) is 0 Å². The van der Waals surface area contributed by atoms with Gasteiger partial charge in [-0.25, -0.2) is 8.42 Å². The molecule has 0 rings (SSSR count). The molecular formula is CH4F2N2O2S. The molecule has 4 nitrogen and oxygen atoms in total. The van der Waals surface area contributed by atoms with Gasteiger partial charge in [0.05, 0.1) is 0 Å². The number of rotatable bonds is 2. The van der Waals surface area contributed by atoms with Crippen LogP contribution in [0.25, 0.3) is 0 Å². The van der Waals surface area contributed by atoms with Gasteiger partial charge in [-0.15, -0.1) is 4.83 Å². The molecule has 8 heavy (non-hydrogen) atoms. The van der Waals surface area contributed by atoms with Gasteiger partial charge >= 0.3 is 5.76 Å². The Labute approximate surface area is 44.7 Å². The van der Waals surface area contributed by atoms with E-state index in [1.165, 1.54) is 0 Å². The maximum Gasteiger partial charge on any atom is 0.351 e. The van der Waals surface area contributed by atoms with Crippen molar-refractivity contribution in [3.05, 3.63) is 0 Å². The van der Waals surface area contributed by atoms with E-state index in [9.17, 15) is 17.2 Å². The highest BCUT2D eigenvalue weighted by Gasteiger charge is 2.20. The van der Waals surface area contributed by atoms with Crippen molar-refractivity contribution < 1.29 is 17.2 Å². The van der Waals surface area contributed by atoms with Crippen LogP contribution in [0, 0.1) is 0 Å². The van der Waals surface area contributed by atoms with E-state index in [1.54, 1.807) is 0 Å². The summed E-state index contributed by atoms with van der Waals surface area (Å²) in [5, 5.41) is 0. The standard InChI is InChI=1S/CH4F2N2O2S/c2-1(3)8(6,7)5-4/h1,5H,4H2. The predicted octanol–water partition coefficient (Wildman–Crippen LogP) is -0.998. The van der Waals surface area contributed by atoms with Gasteiger partial charge < -0.3 is 0 Å². The minimum atomic E-state index is -4.54. The monoisotopic (exact) mass is 146 g/mol. The molecule has 7 heteroatoms. The Kier molecular flexibility index (Phi) is 2.26. The summed E-state index contributed by atoms with van der Waals surface area (Å²) >= 11 is 0. The minimum absolute atomic E-state index is 0.963. The van der Waals surface area contributed by atoms with Crippen molar-refractivity contribution in [2.75, 3.05) is 0 Å². The van der Waals surface area contributed by atoms with E-state index < -0.39 is 15.8 Å². The summed E-state index contributed by atoms with van der Waals surface area (Å²) in [6.45, 7) is 0. The number of hydrogen-bond donors (Lipinski definition) is 2. The predicted molar refractivity (Wildman–Crippen MR) is 22.2 cm³/mol. The van der Waals surface area contributed by atoms with E-state index >= 15 is 0 Å². The highest BCUT2D eigenvalue weighted by atomic mass is 32.2. The topological polar surface area (TPSA) is 72.2 Å². The number of alkyl halides is 2. The lowest BCUT2D eigenvalue weighted by molar-refractivity contribution is 0.232. The lowest BCUT2D eigenvalue weighted by Crippen LogP contribution is -2.34. The lowest BCUT2D eigenvalue weighted by Gasteiger charge is -1.96. The highest BCUT2D eigenvalue weighted by molar-refractivity contribution is 7.89. The first-order valence-electron chi connectivity index (χ1n) is 1.50. The van der Waals surface area contributed by atoms with E-state index in [4.69, 9.17) is 0 Å². The van der Waals surface area contributed by atoms with Crippen LogP contribution in [-0.4, -0.2) is 14.2 Å². The fraction of sp³-hybridized carbons (Fsp3) is 1.00. The Morgan fingerprint density at radius 3 is 1.88 bits per heavy atom. The number of halogens is 2. The van der Waals surface area contributed by atoms with E-state index in [0.717, 1.165) is 4.83 Å². The number of sulfonamides is 1. The van der Waals surface area contributed by atoms with Crippen LogP contribution in [0.5, 0.6) is 0 Å². The zero-order valence-corrected chi connectivity index (χ0v) is 4.45. The maximum absolute atomic E-state index is 11.1. The van der Waals surface area contributed by atoms with Gasteiger partial charge in [0.15, 0.2) is 0 Å². The van der Waals surface area contributed by atoms with Crippen LogP contribution in [0.1, 0.15) is 0 Å². The van der Waals surface area contributed by atoms with E-state index in [0.29, 0.717) is 0 Å². The minimum Gasteiger partial charge on any atom is -0.258 e. The zero-order chi connectivity index (χ0) is 6.78. The second-order valence-electron chi connectivity index (χ2n) is 0.924. The Balaban J connectivity index is 4.17. The molecule has 0 bridgehead atoms. The summed E-state index contributed by atoms with van der Waals surface area (Å²) in [5.41, 5.74) is 0. The molecule has 0 radical (unpaired) electrons. The summed E-state index contributed by atoms with van der Waals surface area (Å²) in [7, 11) is -4.54. The molecule has 0 amide bonds. The van der Waals surface area contributed by atoms with Crippen molar-refractivity contribution in [3.8, 4) is 0 Å². The third-order valence-corrected chi connectivity index (χ3v) is 1.20. The quantitative estimate of drug-likeness (QED) is 0.387. The van der Waals surface area contributed by atoms with Crippen LogP contribution in [0.4, 0.5) is 8.78 Å². The van der Waals surface area contributed by atoms with E-state index in [1.807, 2.05) is 0 Å². The van der Waals surface area contributed by atoms with Crippen molar-refractivity contribution in [1.82, 2.24) is 4.83 Å². The van der Waals surface area contributed by atoms with E-state index in [2.05, 4.69) is 5.84 Å². The molecule has 0 unspecified atom stereocenters. The number of hydrogen-bond acceptors (Lipinski definition) is 3. The molecule has 0 heterocycles. The fourth-order valence-corrected chi connectivity index (χ4v) is 0.154. The van der Waals surface area contributed by atoms with Crippen LogP contribution >= 0.6 is 0 Å². The van der Waals surface area contributed by atoms with Crippen molar-refractivity contribution >= 4 is 10.0 Å². The van der Waals surface area contributed by atoms with Gasteiger partial charge in [0.1, 0.15) is 0 Å². The molecule has 0 aliphatic heterocycles. The second kappa shape index (κ2) is 2.33. The molecule has 0 aliphatic rings. The van der Waals surface area contributed by atoms with Gasteiger partial charge in [-0.05, 0) is 0 Å². The van der Waals surface area contributed by atoms with Gasteiger partial charge in [0.2, 0.25) is 0 Å². The average Bonchev–Trinajstić information content (AvgIpc) is 1.67. The SMILES string of the molecule is NNS(=O)(=O)C(F)F. The average molecular weight is 146 g/mol. The van der Waals surface area contributed by atoms with Gasteiger partial charge in [0.25, 0.3) is 10.0 Å². The summed E-state index contributed by atoms with van der Waals surface area (Å²) in [5.74, 6) is 0.738. The van der Waals surface area contributed by atoms with Crippen molar-refractivity contribution in [3.63, 3.8) is 0 Å². The van der Waals surface area contributed by atoms with Crippen molar-refractivity contribution in [1.29, 1.82) is 0 Å². The second-order valence-corrected chi connectivity index (χ2v) is 2.61. The van der Waals surface area contributed by atoms with Gasteiger partial charge in [-0.2, -0.15) is 8.78 Å². The zero-order valence-electron chi connectivity index (χ0n) is 3.64. The molecular weight excluding hydrogens is 142 g/mol. The number of nitrogens with two attached hydrogens (primary N) is 1. The largest absolute Gasteiger partial charge is 0.351 e. The first-order valence-corrected chi connectivity index (χ1v) is 3.04. The van der Waals surface area contributed by atoms with Crippen molar-refractivity contribution in [2.24, 2.45) is 5.84 Å². The lowest BCUT2D eigenvalue weighted by atomic mass is 11.7. The number of nitrogens with one attached hydrogen (secondary N) is 1. The molecule has 0 aromatic carbocycles. The van der Waals surface area contributed by atoms with Gasteiger partial charge in [0, 0.05) is 0 Å². The van der Waals surface area contributed by atoms with E-state index in [-0.39, 0.29) is 0 Å². The Bertz CT molecular complexity index is 151. The van der Waals surface area contributed by atoms with Crippen LogP contribution in [-0.2, 0) is 10.0 Å². The molecule has 0 aromatic rings. The summed E-state index contributed by atoms with van der Waals surface area (Å²) in [6.07, 6.45) is 0. The molecule has 0 saturated carbocycles. The third kappa shape index (κ3) is 1.68. The molecule has 0 atom stereocenters.